The number of esters is 1. The van der Waals surface area contributed by atoms with Gasteiger partial charge >= 0.3 is 5.97 Å². The Morgan fingerprint density at radius 1 is 1.29 bits per heavy atom. The van der Waals surface area contributed by atoms with Crippen molar-refractivity contribution >= 4 is 5.97 Å². The maximum atomic E-state index is 11.6. The molecule has 0 aliphatic heterocycles. The lowest BCUT2D eigenvalue weighted by Crippen LogP contribution is -2.28. The van der Waals surface area contributed by atoms with Crippen LogP contribution in [0.25, 0.3) is 0 Å². The van der Waals surface area contributed by atoms with Gasteiger partial charge in [-0.25, -0.2) is 4.79 Å². The molecular formula is C13H18O4. The van der Waals surface area contributed by atoms with Gasteiger partial charge in [0.15, 0.2) is 6.10 Å². The maximum absolute atomic E-state index is 11.6. The molecule has 1 rings (SSSR count). The Labute approximate surface area is 101 Å². The average molecular weight is 238 g/mol. The summed E-state index contributed by atoms with van der Waals surface area (Å²) in [6.07, 6.45) is -0.00202. The molecule has 0 spiro atoms. The molecule has 1 aromatic rings. The highest BCUT2D eigenvalue weighted by Gasteiger charge is 2.19. The van der Waals surface area contributed by atoms with Crippen molar-refractivity contribution in [3.63, 3.8) is 0 Å². The van der Waals surface area contributed by atoms with Crippen LogP contribution in [0, 0.1) is 0 Å². The van der Waals surface area contributed by atoms with E-state index in [1.54, 1.807) is 26.2 Å². The highest BCUT2D eigenvalue weighted by Crippen LogP contribution is 2.20. The van der Waals surface area contributed by atoms with Gasteiger partial charge in [0.25, 0.3) is 0 Å². The Morgan fingerprint density at radius 2 is 2.00 bits per heavy atom. The third kappa shape index (κ3) is 3.98. The third-order valence-corrected chi connectivity index (χ3v) is 2.24. The molecule has 0 bridgehead atoms. The van der Waals surface area contributed by atoms with Crippen molar-refractivity contribution in [3.8, 4) is 11.5 Å². The summed E-state index contributed by atoms with van der Waals surface area (Å²) in [6, 6.07) is 7.15. The van der Waals surface area contributed by atoms with Gasteiger partial charge in [-0.3, -0.25) is 0 Å². The maximum Gasteiger partial charge on any atom is 0.347 e. The molecule has 0 heterocycles. The molecule has 0 fully saturated rings. The number of hydrogen-bond donors (Lipinski definition) is 0. The number of ether oxygens (including phenoxy) is 3. The van der Waals surface area contributed by atoms with Crippen LogP contribution >= 0.6 is 0 Å². The molecule has 94 valence electrons. The molecule has 0 saturated carbocycles. The van der Waals surface area contributed by atoms with Gasteiger partial charge in [0, 0.05) is 6.07 Å². The first-order valence-corrected chi connectivity index (χ1v) is 5.68. The summed E-state index contributed by atoms with van der Waals surface area (Å²) in [5, 5.41) is 0. The van der Waals surface area contributed by atoms with Gasteiger partial charge in [-0.1, -0.05) is 13.0 Å². The molecule has 0 N–H and O–H groups in total. The van der Waals surface area contributed by atoms with Gasteiger partial charge in [0.05, 0.1) is 13.7 Å². The average Bonchev–Trinajstić information content (AvgIpc) is 2.36. The van der Waals surface area contributed by atoms with Crippen molar-refractivity contribution in [2.75, 3.05) is 13.7 Å². The van der Waals surface area contributed by atoms with E-state index in [1.807, 2.05) is 19.1 Å². The minimum absolute atomic E-state index is 0.335. The predicted molar refractivity (Wildman–Crippen MR) is 64.3 cm³/mol. The van der Waals surface area contributed by atoms with Gasteiger partial charge in [0.1, 0.15) is 11.5 Å². The minimum atomic E-state index is -0.568. The molecule has 1 aromatic carbocycles. The highest BCUT2D eigenvalue weighted by molar-refractivity contribution is 5.75. The van der Waals surface area contributed by atoms with Crippen molar-refractivity contribution in [2.24, 2.45) is 0 Å². The van der Waals surface area contributed by atoms with Crippen LogP contribution in [0.3, 0.4) is 0 Å². The quantitative estimate of drug-likeness (QED) is 0.714. The van der Waals surface area contributed by atoms with E-state index < -0.39 is 6.10 Å². The van der Waals surface area contributed by atoms with Crippen molar-refractivity contribution in [1.82, 2.24) is 0 Å². The zero-order valence-corrected chi connectivity index (χ0v) is 10.4. The Morgan fingerprint density at radius 3 is 2.59 bits per heavy atom. The summed E-state index contributed by atoms with van der Waals surface area (Å²) in [5.41, 5.74) is 0. The van der Waals surface area contributed by atoms with Crippen LogP contribution in [-0.2, 0) is 9.53 Å². The third-order valence-electron chi connectivity index (χ3n) is 2.24. The van der Waals surface area contributed by atoms with E-state index in [9.17, 15) is 4.79 Å². The molecule has 4 nitrogen and oxygen atoms in total. The SMILES string of the molecule is CCOC(=O)C(CC)Oc1cccc(OC)c1. The molecule has 0 aliphatic rings. The summed E-state index contributed by atoms with van der Waals surface area (Å²) < 4.78 is 15.6. The Kier molecular flexibility index (Phi) is 5.33. The Balaban J connectivity index is 2.69. The van der Waals surface area contributed by atoms with Crippen LogP contribution < -0.4 is 9.47 Å². The van der Waals surface area contributed by atoms with E-state index in [1.165, 1.54) is 0 Å². The minimum Gasteiger partial charge on any atom is -0.497 e. The fraction of sp³-hybridized carbons (Fsp3) is 0.462. The number of methoxy groups -OCH3 is 1. The van der Waals surface area contributed by atoms with Crippen molar-refractivity contribution in [3.05, 3.63) is 24.3 Å². The van der Waals surface area contributed by atoms with Crippen LogP contribution in [-0.4, -0.2) is 25.8 Å². The fourth-order valence-electron chi connectivity index (χ4n) is 1.37. The Bertz CT molecular complexity index is 362. The lowest BCUT2D eigenvalue weighted by Gasteiger charge is -2.16. The van der Waals surface area contributed by atoms with Gasteiger partial charge in [-0.2, -0.15) is 0 Å². The molecule has 0 saturated heterocycles. The number of hydrogen-bond acceptors (Lipinski definition) is 4. The molecule has 0 amide bonds. The van der Waals surface area contributed by atoms with E-state index in [0.29, 0.717) is 24.5 Å². The molecule has 17 heavy (non-hydrogen) atoms. The molecule has 0 radical (unpaired) electrons. The van der Waals surface area contributed by atoms with Crippen LogP contribution in [0.4, 0.5) is 0 Å². The van der Waals surface area contributed by atoms with Crippen LogP contribution in [0.5, 0.6) is 11.5 Å². The van der Waals surface area contributed by atoms with E-state index in [0.717, 1.165) is 0 Å². The van der Waals surface area contributed by atoms with Crippen molar-refractivity contribution in [2.45, 2.75) is 26.4 Å². The molecule has 1 atom stereocenters. The van der Waals surface area contributed by atoms with E-state index in [-0.39, 0.29) is 5.97 Å². The number of carbonyl (C=O) groups is 1. The topological polar surface area (TPSA) is 44.8 Å². The normalized spacial score (nSPS) is 11.7. The van der Waals surface area contributed by atoms with Gasteiger partial charge in [-0.15, -0.1) is 0 Å². The van der Waals surface area contributed by atoms with E-state index >= 15 is 0 Å². The van der Waals surface area contributed by atoms with Crippen LogP contribution in [0.2, 0.25) is 0 Å². The number of carbonyl (C=O) groups excluding carboxylic acids is 1. The molecular weight excluding hydrogens is 220 g/mol. The smallest absolute Gasteiger partial charge is 0.347 e. The summed E-state index contributed by atoms with van der Waals surface area (Å²) >= 11 is 0. The standard InChI is InChI=1S/C13H18O4/c1-4-12(13(14)16-5-2)17-11-8-6-7-10(9-11)15-3/h6-9,12H,4-5H2,1-3H3. The van der Waals surface area contributed by atoms with Crippen LogP contribution in [0.15, 0.2) is 24.3 Å². The van der Waals surface area contributed by atoms with Crippen LogP contribution in [0.1, 0.15) is 20.3 Å². The highest BCUT2D eigenvalue weighted by atomic mass is 16.6. The molecule has 1 unspecified atom stereocenters. The van der Waals surface area contributed by atoms with E-state index in [4.69, 9.17) is 14.2 Å². The number of rotatable bonds is 6. The first kappa shape index (κ1) is 13.4. The van der Waals surface area contributed by atoms with Gasteiger partial charge in [-0.05, 0) is 25.5 Å². The van der Waals surface area contributed by atoms with Crippen molar-refractivity contribution in [1.29, 1.82) is 0 Å². The lowest BCUT2D eigenvalue weighted by molar-refractivity contribution is -0.151. The van der Waals surface area contributed by atoms with Gasteiger partial charge in [0.2, 0.25) is 0 Å². The first-order chi connectivity index (χ1) is 8.21. The fourth-order valence-corrected chi connectivity index (χ4v) is 1.37. The summed E-state index contributed by atoms with van der Waals surface area (Å²) in [7, 11) is 1.59. The zero-order valence-electron chi connectivity index (χ0n) is 10.4. The second kappa shape index (κ2) is 6.78. The summed E-state index contributed by atoms with van der Waals surface area (Å²) in [4.78, 5) is 11.6. The van der Waals surface area contributed by atoms with E-state index in [2.05, 4.69) is 0 Å². The van der Waals surface area contributed by atoms with Gasteiger partial charge < -0.3 is 14.2 Å². The second-order valence-electron chi connectivity index (χ2n) is 3.45. The lowest BCUT2D eigenvalue weighted by atomic mass is 10.2. The summed E-state index contributed by atoms with van der Waals surface area (Å²) in [5.74, 6) is 0.961. The summed E-state index contributed by atoms with van der Waals surface area (Å²) in [6.45, 7) is 4.01. The Hall–Kier alpha value is -1.71. The second-order valence-corrected chi connectivity index (χ2v) is 3.45. The predicted octanol–water partition coefficient (Wildman–Crippen LogP) is 2.42. The molecule has 0 aromatic heterocycles. The molecule has 0 aliphatic carbocycles. The zero-order chi connectivity index (χ0) is 12.7. The van der Waals surface area contributed by atoms with Crippen molar-refractivity contribution < 1.29 is 19.0 Å². The largest absolute Gasteiger partial charge is 0.497 e. The number of benzene rings is 1. The first-order valence-electron chi connectivity index (χ1n) is 5.68. The molecule has 4 heteroatoms. The monoisotopic (exact) mass is 238 g/mol.